The second-order valence-electron chi connectivity index (χ2n) is 5.73. The quantitative estimate of drug-likeness (QED) is 0.793. The van der Waals surface area contributed by atoms with E-state index in [2.05, 4.69) is 4.99 Å². The van der Waals surface area contributed by atoms with E-state index < -0.39 is 18.4 Å². The van der Waals surface area contributed by atoms with Gasteiger partial charge in [-0.3, -0.25) is 14.5 Å². The van der Waals surface area contributed by atoms with Crippen LogP contribution in [0.25, 0.3) is 6.08 Å². The Hall–Kier alpha value is -3.61. The Morgan fingerprint density at radius 2 is 1.81 bits per heavy atom. The minimum absolute atomic E-state index is 0.155. The van der Waals surface area contributed by atoms with Crippen LogP contribution in [0.15, 0.2) is 59.2 Å². The van der Waals surface area contributed by atoms with Crippen LogP contribution in [0.5, 0.6) is 11.5 Å². The largest absolute Gasteiger partial charge is 0.493 e. The molecule has 1 heterocycles. The average Bonchev–Trinajstić information content (AvgIpc) is 2.97. The SMILES string of the molecule is COc1ccc(/C=C2\N=C(c3ccccc3)N(CC(=O)O)C2=O)cc1OC. The summed E-state index contributed by atoms with van der Waals surface area (Å²) >= 11 is 0. The zero-order chi connectivity index (χ0) is 19.4. The van der Waals surface area contributed by atoms with E-state index >= 15 is 0 Å². The van der Waals surface area contributed by atoms with Crippen LogP contribution in [0.2, 0.25) is 0 Å². The molecular weight excluding hydrogens is 348 g/mol. The maximum absolute atomic E-state index is 12.7. The molecular formula is C20H18N2O5. The van der Waals surface area contributed by atoms with Crippen molar-refractivity contribution in [1.29, 1.82) is 0 Å². The number of ether oxygens (including phenoxy) is 2. The molecule has 7 nitrogen and oxygen atoms in total. The van der Waals surface area contributed by atoms with Gasteiger partial charge in [0.25, 0.3) is 5.91 Å². The van der Waals surface area contributed by atoms with Gasteiger partial charge in [0.1, 0.15) is 18.1 Å². The summed E-state index contributed by atoms with van der Waals surface area (Å²) in [4.78, 5) is 29.5. The number of aliphatic imine (C=N–C) groups is 1. The minimum atomic E-state index is -1.11. The lowest BCUT2D eigenvalue weighted by atomic mass is 10.1. The number of carbonyl (C=O) groups is 2. The third-order valence-corrected chi connectivity index (χ3v) is 3.98. The number of amidine groups is 1. The van der Waals surface area contributed by atoms with Gasteiger partial charge in [-0.25, -0.2) is 4.99 Å². The summed E-state index contributed by atoms with van der Waals surface area (Å²) in [6, 6.07) is 14.2. The Labute approximate surface area is 156 Å². The number of aliphatic carboxylic acids is 1. The Kier molecular flexibility index (Phi) is 5.21. The summed E-state index contributed by atoms with van der Waals surface area (Å²) in [7, 11) is 3.06. The van der Waals surface area contributed by atoms with Gasteiger partial charge in [0.15, 0.2) is 11.5 Å². The number of nitrogens with zero attached hydrogens (tertiary/aromatic N) is 2. The van der Waals surface area contributed by atoms with Crippen molar-refractivity contribution in [2.45, 2.75) is 0 Å². The number of hydrogen-bond acceptors (Lipinski definition) is 5. The van der Waals surface area contributed by atoms with Gasteiger partial charge in [0.05, 0.1) is 14.2 Å². The van der Waals surface area contributed by atoms with E-state index in [9.17, 15) is 9.59 Å². The number of benzene rings is 2. The smallest absolute Gasteiger partial charge is 0.323 e. The molecule has 2 aromatic rings. The zero-order valence-corrected chi connectivity index (χ0v) is 14.9. The molecule has 0 saturated heterocycles. The van der Waals surface area contributed by atoms with Crippen LogP contribution in [-0.2, 0) is 9.59 Å². The van der Waals surface area contributed by atoms with Crippen molar-refractivity contribution in [1.82, 2.24) is 4.90 Å². The summed E-state index contributed by atoms with van der Waals surface area (Å²) in [6.45, 7) is -0.462. The van der Waals surface area contributed by atoms with Crippen LogP contribution in [0.3, 0.4) is 0 Å². The van der Waals surface area contributed by atoms with Gasteiger partial charge in [-0.05, 0) is 23.8 Å². The molecule has 0 aliphatic carbocycles. The third-order valence-electron chi connectivity index (χ3n) is 3.98. The normalized spacial score (nSPS) is 15.0. The molecule has 0 bridgehead atoms. The van der Waals surface area contributed by atoms with E-state index in [1.54, 1.807) is 48.5 Å². The van der Waals surface area contributed by atoms with Gasteiger partial charge >= 0.3 is 5.97 Å². The minimum Gasteiger partial charge on any atom is -0.493 e. The second-order valence-corrected chi connectivity index (χ2v) is 5.73. The second kappa shape index (κ2) is 7.74. The van der Waals surface area contributed by atoms with Gasteiger partial charge < -0.3 is 14.6 Å². The van der Waals surface area contributed by atoms with Crippen molar-refractivity contribution >= 4 is 23.8 Å². The predicted octanol–water partition coefficient (Wildman–Crippen LogP) is 2.42. The van der Waals surface area contributed by atoms with E-state index in [-0.39, 0.29) is 5.70 Å². The molecule has 138 valence electrons. The fourth-order valence-corrected chi connectivity index (χ4v) is 2.74. The zero-order valence-electron chi connectivity index (χ0n) is 14.9. The van der Waals surface area contributed by atoms with Crippen molar-refractivity contribution in [3.8, 4) is 11.5 Å². The maximum Gasteiger partial charge on any atom is 0.323 e. The highest BCUT2D eigenvalue weighted by Crippen LogP contribution is 2.29. The fraction of sp³-hybridized carbons (Fsp3) is 0.150. The first kappa shape index (κ1) is 18.2. The van der Waals surface area contributed by atoms with E-state index in [1.807, 2.05) is 6.07 Å². The number of carbonyl (C=O) groups excluding carboxylic acids is 1. The fourth-order valence-electron chi connectivity index (χ4n) is 2.74. The Bertz CT molecular complexity index is 935. The molecule has 0 fully saturated rings. The number of methoxy groups -OCH3 is 2. The van der Waals surface area contributed by atoms with E-state index in [0.717, 1.165) is 4.90 Å². The third kappa shape index (κ3) is 3.82. The van der Waals surface area contributed by atoms with Crippen molar-refractivity contribution < 1.29 is 24.2 Å². The Morgan fingerprint density at radius 3 is 2.44 bits per heavy atom. The Balaban J connectivity index is 2.02. The molecule has 2 aromatic carbocycles. The van der Waals surface area contributed by atoms with Crippen molar-refractivity contribution in [3.63, 3.8) is 0 Å². The van der Waals surface area contributed by atoms with Crippen LogP contribution in [0.4, 0.5) is 0 Å². The predicted molar refractivity (Wildman–Crippen MR) is 99.9 cm³/mol. The average molecular weight is 366 g/mol. The van der Waals surface area contributed by atoms with Crippen LogP contribution in [0, 0.1) is 0 Å². The highest BCUT2D eigenvalue weighted by atomic mass is 16.5. The number of hydrogen-bond donors (Lipinski definition) is 1. The van der Waals surface area contributed by atoms with Gasteiger partial charge in [0, 0.05) is 5.56 Å². The van der Waals surface area contributed by atoms with Crippen LogP contribution in [0.1, 0.15) is 11.1 Å². The van der Waals surface area contributed by atoms with Crippen LogP contribution >= 0.6 is 0 Å². The van der Waals surface area contributed by atoms with Crippen LogP contribution < -0.4 is 9.47 Å². The molecule has 3 rings (SSSR count). The van der Waals surface area contributed by atoms with Crippen molar-refractivity contribution in [2.75, 3.05) is 20.8 Å². The topological polar surface area (TPSA) is 88.4 Å². The van der Waals surface area contributed by atoms with Gasteiger partial charge in [-0.15, -0.1) is 0 Å². The number of carboxylic acid groups (broad SMARTS) is 1. The maximum atomic E-state index is 12.7. The molecule has 1 aliphatic heterocycles. The first-order valence-electron chi connectivity index (χ1n) is 8.15. The summed E-state index contributed by atoms with van der Waals surface area (Å²) in [5, 5.41) is 9.16. The molecule has 7 heteroatoms. The monoisotopic (exact) mass is 366 g/mol. The highest BCUT2D eigenvalue weighted by Gasteiger charge is 2.32. The first-order valence-corrected chi connectivity index (χ1v) is 8.15. The van der Waals surface area contributed by atoms with Crippen molar-refractivity contribution in [3.05, 3.63) is 65.4 Å². The molecule has 1 aliphatic rings. The Morgan fingerprint density at radius 1 is 1.11 bits per heavy atom. The number of carboxylic acids is 1. The standard InChI is InChI=1S/C20H18N2O5/c1-26-16-9-8-13(11-17(16)27-2)10-15-20(25)22(12-18(23)24)19(21-15)14-6-4-3-5-7-14/h3-11H,12H2,1-2H3,(H,23,24)/b15-10-. The van der Waals surface area contributed by atoms with Gasteiger partial charge in [-0.2, -0.15) is 0 Å². The molecule has 0 atom stereocenters. The molecule has 0 aromatic heterocycles. The van der Waals surface area contributed by atoms with E-state index in [4.69, 9.17) is 14.6 Å². The summed E-state index contributed by atoms with van der Waals surface area (Å²) in [5.41, 5.74) is 1.51. The summed E-state index contributed by atoms with van der Waals surface area (Å²) < 4.78 is 10.5. The molecule has 0 unspecified atom stereocenters. The first-order chi connectivity index (χ1) is 13.0. The van der Waals surface area contributed by atoms with Gasteiger partial charge in [0.2, 0.25) is 0 Å². The lowest BCUT2D eigenvalue weighted by Crippen LogP contribution is -2.37. The number of rotatable bonds is 6. The summed E-state index contributed by atoms with van der Waals surface area (Å²) in [6.07, 6.45) is 1.59. The lowest BCUT2D eigenvalue weighted by Gasteiger charge is -2.15. The number of amides is 1. The lowest BCUT2D eigenvalue weighted by molar-refractivity contribution is -0.140. The molecule has 1 N–H and O–H groups in total. The molecule has 27 heavy (non-hydrogen) atoms. The highest BCUT2D eigenvalue weighted by molar-refractivity contribution is 6.20. The molecule has 0 spiro atoms. The van der Waals surface area contributed by atoms with Crippen LogP contribution in [-0.4, -0.2) is 48.5 Å². The summed E-state index contributed by atoms with van der Waals surface area (Å²) in [5.74, 6) is -0.176. The van der Waals surface area contributed by atoms with Gasteiger partial charge in [-0.1, -0.05) is 36.4 Å². The molecule has 1 amide bonds. The van der Waals surface area contributed by atoms with E-state index in [1.165, 1.54) is 14.2 Å². The van der Waals surface area contributed by atoms with Crippen molar-refractivity contribution in [2.24, 2.45) is 4.99 Å². The van der Waals surface area contributed by atoms with E-state index in [0.29, 0.717) is 28.5 Å². The molecule has 0 radical (unpaired) electrons. The molecule has 0 saturated carbocycles.